The number of hydrazine groups is 1. The van der Waals surface area contributed by atoms with Crippen LogP contribution in [0.25, 0.3) is 0 Å². The average molecular weight is 203 g/mol. The Bertz CT molecular complexity index is 322. The van der Waals surface area contributed by atoms with Crippen molar-refractivity contribution in [1.82, 2.24) is 14.8 Å². The van der Waals surface area contributed by atoms with Crippen LogP contribution in [0.15, 0.2) is 6.07 Å². The van der Waals surface area contributed by atoms with E-state index in [4.69, 9.17) is 17.4 Å². The van der Waals surface area contributed by atoms with Crippen LogP contribution < -0.4 is 5.84 Å². The normalized spacial score (nSPS) is 10.2. The lowest BCUT2D eigenvalue weighted by molar-refractivity contribution is 0.0753. The van der Waals surface area contributed by atoms with Gasteiger partial charge >= 0.3 is 0 Å². The van der Waals surface area contributed by atoms with E-state index in [0.29, 0.717) is 12.2 Å². The van der Waals surface area contributed by atoms with Gasteiger partial charge in [0.2, 0.25) is 0 Å². The molecule has 1 rings (SSSR count). The zero-order chi connectivity index (χ0) is 10.0. The maximum atomic E-state index is 11.5. The fourth-order valence-electron chi connectivity index (χ4n) is 0.923. The summed E-state index contributed by atoms with van der Waals surface area (Å²) < 4.78 is 1.40. The fraction of sp³-hybridized carbons (Fsp3) is 0.429. The highest BCUT2D eigenvalue weighted by molar-refractivity contribution is 6.29. The van der Waals surface area contributed by atoms with Gasteiger partial charge in [-0.3, -0.25) is 14.5 Å². The predicted molar refractivity (Wildman–Crippen MR) is 49.1 cm³/mol. The molecule has 1 amide bonds. The Labute approximate surface area is 81.0 Å². The van der Waals surface area contributed by atoms with Crippen molar-refractivity contribution < 1.29 is 4.79 Å². The lowest BCUT2D eigenvalue weighted by Gasteiger charge is -2.13. The molecule has 1 aromatic rings. The summed E-state index contributed by atoms with van der Waals surface area (Å²) in [6.45, 7) is 2.23. The zero-order valence-electron chi connectivity index (χ0n) is 7.49. The van der Waals surface area contributed by atoms with E-state index >= 15 is 0 Å². The van der Waals surface area contributed by atoms with Gasteiger partial charge in [0.1, 0.15) is 5.69 Å². The van der Waals surface area contributed by atoms with E-state index in [1.165, 1.54) is 10.7 Å². The number of hydrogen-bond donors (Lipinski definition) is 1. The number of nitrogens with two attached hydrogens (primary N) is 1. The number of aromatic nitrogens is 2. The molecule has 72 valence electrons. The number of carbonyl (C=O) groups is 1. The lowest BCUT2D eigenvalue weighted by atomic mass is 10.4. The first-order valence-corrected chi connectivity index (χ1v) is 4.20. The van der Waals surface area contributed by atoms with E-state index in [-0.39, 0.29) is 11.1 Å². The third kappa shape index (κ3) is 1.99. The Kier molecular flexibility index (Phi) is 2.90. The van der Waals surface area contributed by atoms with Crippen molar-refractivity contribution in [2.45, 2.75) is 6.92 Å². The summed E-state index contributed by atoms with van der Waals surface area (Å²) in [6.07, 6.45) is 0. The molecule has 1 aromatic heterocycles. The van der Waals surface area contributed by atoms with Crippen LogP contribution in [-0.2, 0) is 7.05 Å². The second-order valence-electron chi connectivity index (χ2n) is 2.57. The second kappa shape index (κ2) is 3.76. The smallest absolute Gasteiger partial charge is 0.276 e. The quantitative estimate of drug-likeness (QED) is 0.429. The minimum Gasteiger partial charge on any atom is -0.276 e. The molecule has 0 saturated heterocycles. The van der Waals surface area contributed by atoms with Crippen LogP contribution in [0.1, 0.15) is 17.4 Å². The Hall–Kier alpha value is -1.07. The van der Waals surface area contributed by atoms with Crippen LogP contribution in [0.5, 0.6) is 0 Å². The highest BCUT2D eigenvalue weighted by atomic mass is 35.5. The topological polar surface area (TPSA) is 64.2 Å². The van der Waals surface area contributed by atoms with Crippen molar-refractivity contribution >= 4 is 17.5 Å². The predicted octanol–water partition coefficient (Wildman–Crippen LogP) is 0.409. The third-order valence-electron chi connectivity index (χ3n) is 1.67. The molecule has 0 aliphatic heterocycles. The molecule has 2 N–H and O–H groups in total. The van der Waals surface area contributed by atoms with Crippen LogP contribution in [-0.4, -0.2) is 27.2 Å². The summed E-state index contributed by atoms with van der Waals surface area (Å²) >= 11 is 5.61. The third-order valence-corrected chi connectivity index (χ3v) is 1.86. The minimum absolute atomic E-state index is 0.287. The van der Waals surface area contributed by atoms with Crippen LogP contribution in [0.4, 0.5) is 0 Å². The van der Waals surface area contributed by atoms with Crippen LogP contribution in [0, 0.1) is 0 Å². The molecule has 0 fully saturated rings. The van der Waals surface area contributed by atoms with Gasteiger partial charge in [0.05, 0.1) is 0 Å². The highest BCUT2D eigenvalue weighted by Gasteiger charge is 2.15. The number of rotatable bonds is 2. The first-order valence-electron chi connectivity index (χ1n) is 3.82. The van der Waals surface area contributed by atoms with Crippen molar-refractivity contribution in [1.29, 1.82) is 0 Å². The van der Waals surface area contributed by atoms with E-state index in [1.807, 2.05) is 0 Å². The molecular formula is C7H11ClN4O. The fourth-order valence-corrected chi connectivity index (χ4v) is 1.14. The van der Waals surface area contributed by atoms with Crippen LogP contribution in [0.2, 0.25) is 5.15 Å². The van der Waals surface area contributed by atoms with Gasteiger partial charge in [-0.15, -0.1) is 0 Å². The van der Waals surface area contributed by atoms with Gasteiger partial charge < -0.3 is 0 Å². The maximum Gasteiger partial charge on any atom is 0.286 e. The summed E-state index contributed by atoms with van der Waals surface area (Å²) in [5.74, 6) is 5.14. The van der Waals surface area contributed by atoms with Gasteiger partial charge in [0.15, 0.2) is 5.15 Å². The number of hydrogen-bond acceptors (Lipinski definition) is 3. The summed E-state index contributed by atoms with van der Waals surface area (Å²) in [4.78, 5) is 11.5. The molecule has 0 saturated carbocycles. The number of aryl methyl sites for hydroxylation is 1. The average Bonchev–Trinajstić information content (AvgIpc) is 2.42. The molecule has 1 heterocycles. The monoisotopic (exact) mass is 202 g/mol. The Balaban J connectivity index is 2.94. The SMILES string of the molecule is CCN(N)C(=O)c1cc(Cl)nn1C. The Morgan fingerprint density at radius 1 is 1.85 bits per heavy atom. The van der Waals surface area contributed by atoms with Crippen molar-refractivity contribution in [3.05, 3.63) is 16.9 Å². The number of halogens is 1. The largest absolute Gasteiger partial charge is 0.286 e. The van der Waals surface area contributed by atoms with E-state index < -0.39 is 0 Å². The number of amides is 1. The van der Waals surface area contributed by atoms with E-state index in [9.17, 15) is 4.79 Å². The molecule has 0 unspecified atom stereocenters. The van der Waals surface area contributed by atoms with E-state index in [2.05, 4.69) is 5.10 Å². The molecule has 0 atom stereocenters. The molecule has 0 bridgehead atoms. The Morgan fingerprint density at radius 2 is 2.46 bits per heavy atom. The van der Waals surface area contributed by atoms with Crippen molar-refractivity contribution in [3.8, 4) is 0 Å². The molecule has 0 spiro atoms. The van der Waals surface area contributed by atoms with E-state index in [0.717, 1.165) is 5.01 Å². The van der Waals surface area contributed by atoms with Crippen LogP contribution in [0.3, 0.4) is 0 Å². The molecular weight excluding hydrogens is 192 g/mol. The van der Waals surface area contributed by atoms with Gasteiger partial charge in [-0.1, -0.05) is 11.6 Å². The molecule has 6 heteroatoms. The summed E-state index contributed by atoms with van der Waals surface area (Å²) in [6, 6.07) is 1.49. The molecule has 0 aliphatic carbocycles. The molecule has 5 nitrogen and oxygen atoms in total. The molecule has 0 aromatic carbocycles. The minimum atomic E-state index is -0.288. The zero-order valence-corrected chi connectivity index (χ0v) is 8.25. The maximum absolute atomic E-state index is 11.5. The van der Waals surface area contributed by atoms with Gasteiger partial charge in [-0.25, -0.2) is 5.84 Å². The van der Waals surface area contributed by atoms with Gasteiger partial charge in [0, 0.05) is 19.7 Å². The Morgan fingerprint density at radius 3 is 2.85 bits per heavy atom. The van der Waals surface area contributed by atoms with Crippen LogP contribution >= 0.6 is 11.6 Å². The van der Waals surface area contributed by atoms with Gasteiger partial charge in [-0.2, -0.15) is 5.10 Å². The molecule has 0 aliphatic rings. The number of nitrogens with zero attached hydrogens (tertiary/aromatic N) is 3. The van der Waals surface area contributed by atoms with Gasteiger partial charge in [-0.05, 0) is 6.92 Å². The van der Waals surface area contributed by atoms with Gasteiger partial charge in [0.25, 0.3) is 5.91 Å². The summed E-state index contributed by atoms with van der Waals surface area (Å²) in [5, 5.41) is 5.22. The molecule has 0 radical (unpaired) electrons. The first-order chi connectivity index (χ1) is 6.06. The molecule has 13 heavy (non-hydrogen) atoms. The van der Waals surface area contributed by atoms with Crippen molar-refractivity contribution in [2.75, 3.05) is 6.54 Å². The lowest BCUT2D eigenvalue weighted by Crippen LogP contribution is -2.38. The first kappa shape index (κ1) is 10.0. The number of carbonyl (C=O) groups excluding carboxylic acids is 1. The summed E-state index contributed by atoms with van der Waals surface area (Å²) in [7, 11) is 1.64. The summed E-state index contributed by atoms with van der Waals surface area (Å²) in [5.41, 5.74) is 0.384. The van der Waals surface area contributed by atoms with E-state index in [1.54, 1.807) is 14.0 Å². The van der Waals surface area contributed by atoms with Crippen molar-refractivity contribution in [2.24, 2.45) is 12.9 Å². The highest BCUT2D eigenvalue weighted by Crippen LogP contribution is 2.09. The standard InChI is InChI=1S/C7H11ClN4O/c1-3-12(9)7(13)5-4-6(8)10-11(5)2/h4H,3,9H2,1-2H3. The van der Waals surface area contributed by atoms with Crippen molar-refractivity contribution in [3.63, 3.8) is 0 Å². The second-order valence-corrected chi connectivity index (χ2v) is 2.95.